The zero-order chi connectivity index (χ0) is 18.2. The quantitative estimate of drug-likeness (QED) is 0.463. The van der Waals surface area contributed by atoms with Gasteiger partial charge in [-0.25, -0.2) is 0 Å². The lowest BCUT2D eigenvalue weighted by Crippen LogP contribution is -2.24. The van der Waals surface area contributed by atoms with Crippen LogP contribution in [-0.2, 0) is 6.42 Å². The minimum absolute atomic E-state index is 0.111. The molecule has 3 aromatic carbocycles. The summed E-state index contributed by atoms with van der Waals surface area (Å²) >= 11 is 0. The Labute approximate surface area is 155 Å². The maximum absolute atomic E-state index is 6.00. The maximum atomic E-state index is 6.00. The summed E-state index contributed by atoms with van der Waals surface area (Å²) < 4.78 is 5.28. The summed E-state index contributed by atoms with van der Waals surface area (Å²) in [6.07, 6.45) is 2.15. The molecule has 0 aliphatic carbocycles. The second kappa shape index (κ2) is 9.07. The van der Waals surface area contributed by atoms with Crippen LogP contribution in [0.3, 0.4) is 0 Å². The van der Waals surface area contributed by atoms with Gasteiger partial charge in [0, 0.05) is 5.69 Å². The number of benzene rings is 3. The first kappa shape index (κ1) is 18.0. The van der Waals surface area contributed by atoms with Crippen LogP contribution in [-0.4, -0.2) is 13.7 Å². The molecule has 3 heteroatoms. The molecule has 0 saturated heterocycles. The Kier molecular flexibility index (Phi) is 6.29. The fraction of sp³-hybridized carbons (Fsp3) is 0.217. The van der Waals surface area contributed by atoms with Crippen LogP contribution in [0.15, 0.2) is 78.9 Å². The third-order valence-corrected chi connectivity index (χ3v) is 4.53. The van der Waals surface area contributed by atoms with Gasteiger partial charge < -0.3 is 15.8 Å². The molecule has 0 saturated carbocycles. The molecule has 1 unspecified atom stereocenters. The van der Waals surface area contributed by atoms with Crippen LogP contribution in [0.4, 0.5) is 5.69 Å². The standard InChI is InChI=1S/C23H26N2O/c1-26-22-14-12-19(13-15-22)23(20-10-5-11-21(24)17-20)25-16-6-9-18-7-3-2-4-8-18/h2-5,7-8,10-15,17,23,25H,6,9,16,24H2,1H3. The minimum Gasteiger partial charge on any atom is -0.497 e. The number of rotatable bonds is 8. The topological polar surface area (TPSA) is 47.3 Å². The average molecular weight is 346 g/mol. The zero-order valence-electron chi connectivity index (χ0n) is 15.2. The van der Waals surface area contributed by atoms with Crippen molar-refractivity contribution in [2.45, 2.75) is 18.9 Å². The van der Waals surface area contributed by atoms with Crippen LogP contribution >= 0.6 is 0 Å². The molecule has 3 N–H and O–H groups in total. The van der Waals surface area contributed by atoms with Crippen molar-refractivity contribution in [3.63, 3.8) is 0 Å². The van der Waals surface area contributed by atoms with Gasteiger partial charge in [-0.1, -0.05) is 54.6 Å². The Hall–Kier alpha value is -2.78. The number of hydrogen-bond acceptors (Lipinski definition) is 3. The van der Waals surface area contributed by atoms with Crippen molar-refractivity contribution in [1.82, 2.24) is 5.32 Å². The van der Waals surface area contributed by atoms with Crippen LogP contribution in [0.5, 0.6) is 5.75 Å². The Morgan fingerprint density at radius 3 is 2.35 bits per heavy atom. The van der Waals surface area contributed by atoms with Crippen molar-refractivity contribution in [1.29, 1.82) is 0 Å². The number of methoxy groups -OCH3 is 1. The number of nitrogen functional groups attached to an aromatic ring is 1. The van der Waals surface area contributed by atoms with E-state index in [-0.39, 0.29) is 6.04 Å². The molecule has 0 bridgehead atoms. The van der Waals surface area contributed by atoms with Gasteiger partial charge in [-0.05, 0) is 60.3 Å². The van der Waals surface area contributed by atoms with Gasteiger partial charge in [0.1, 0.15) is 5.75 Å². The largest absolute Gasteiger partial charge is 0.497 e. The van der Waals surface area contributed by atoms with Crippen LogP contribution in [0, 0.1) is 0 Å². The van der Waals surface area contributed by atoms with E-state index in [0.29, 0.717) is 0 Å². The van der Waals surface area contributed by atoms with Crippen molar-refractivity contribution < 1.29 is 4.74 Å². The summed E-state index contributed by atoms with van der Waals surface area (Å²) in [4.78, 5) is 0. The van der Waals surface area contributed by atoms with E-state index in [1.54, 1.807) is 7.11 Å². The van der Waals surface area contributed by atoms with Gasteiger partial charge >= 0.3 is 0 Å². The predicted molar refractivity (Wildman–Crippen MR) is 108 cm³/mol. The van der Waals surface area contributed by atoms with Crippen LogP contribution in [0.1, 0.15) is 29.2 Å². The molecule has 0 radical (unpaired) electrons. The molecular weight excluding hydrogens is 320 g/mol. The van der Waals surface area contributed by atoms with E-state index in [1.807, 2.05) is 30.3 Å². The van der Waals surface area contributed by atoms with E-state index in [9.17, 15) is 0 Å². The molecule has 3 rings (SSSR count). The van der Waals surface area contributed by atoms with Crippen LogP contribution in [0.25, 0.3) is 0 Å². The molecule has 0 fully saturated rings. The van der Waals surface area contributed by atoms with Gasteiger partial charge in [0.15, 0.2) is 0 Å². The Morgan fingerprint density at radius 2 is 1.65 bits per heavy atom. The van der Waals surface area contributed by atoms with Crippen molar-refractivity contribution in [2.24, 2.45) is 0 Å². The highest BCUT2D eigenvalue weighted by Crippen LogP contribution is 2.25. The fourth-order valence-corrected chi connectivity index (χ4v) is 3.15. The molecular formula is C23H26N2O. The number of nitrogens with two attached hydrogens (primary N) is 1. The zero-order valence-corrected chi connectivity index (χ0v) is 15.2. The summed E-state index contributed by atoms with van der Waals surface area (Å²) in [5, 5.41) is 3.69. The highest BCUT2D eigenvalue weighted by molar-refractivity contribution is 5.44. The summed E-state index contributed by atoms with van der Waals surface area (Å²) in [6.45, 7) is 0.931. The van der Waals surface area contributed by atoms with Gasteiger partial charge in [0.25, 0.3) is 0 Å². The predicted octanol–water partition coefficient (Wildman–Crippen LogP) is 4.59. The highest BCUT2D eigenvalue weighted by atomic mass is 16.5. The number of nitrogens with one attached hydrogen (secondary N) is 1. The van der Waals surface area contributed by atoms with E-state index < -0.39 is 0 Å². The summed E-state index contributed by atoms with van der Waals surface area (Å²) in [7, 11) is 1.69. The summed E-state index contributed by atoms with van der Waals surface area (Å²) in [5.74, 6) is 0.865. The Bertz CT molecular complexity index is 800. The average Bonchev–Trinajstić information content (AvgIpc) is 2.69. The van der Waals surface area contributed by atoms with E-state index in [1.165, 1.54) is 16.7 Å². The van der Waals surface area contributed by atoms with Crippen LogP contribution < -0.4 is 15.8 Å². The Balaban J connectivity index is 1.70. The molecule has 3 aromatic rings. The second-order valence-corrected chi connectivity index (χ2v) is 6.42. The molecule has 0 aromatic heterocycles. The molecule has 3 nitrogen and oxygen atoms in total. The molecule has 26 heavy (non-hydrogen) atoms. The SMILES string of the molecule is COc1ccc(C(NCCCc2ccccc2)c2cccc(N)c2)cc1. The van der Waals surface area contributed by atoms with E-state index >= 15 is 0 Å². The number of aryl methyl sites for hydroxylation is 1. The maximum Gasteiger partial charge on any atom is 0.118 e. The van der Waals surface area contributed by atoms with Gasteiger partial charge in [-0.2, -0.15) is 0 Å². The Morgan fingerprint density at radius 1 is 0.885 bits per heavy atom. The smallest absolute Gasteiger partial charge is 0.118 e. The van der Waals surface area contributed by atoms with Crippen molar-refractivity contribution in [3.05, 3.63) is 95.6 Å². The monoisotopic (exact) mass is 346 g/mol. The van der Waals surface area contributed by atoms with E-state index in [4.69, 9.17) is 10.5 Å². The van der Waals surface area contributed by atoms with Crippen molar-refractivity contribution >= 4 is 5.69 Å². The highest BCUT2D eigenvalue weighted by Gasteiger charge is 2.14. The molecule has 1 atom stereocenters. The number of ether oxygens (including phenoxy) is 1. The summed E-state index contributed by atoms with van der Waals surface area (Å²) in [5.41, 5.74) is 10.5. The van der Waals surface area contributed by atoms with Crippen molar-refractivity contribution in [3.8, 4) is 5.75 Å². The molecule has 0 spiro atoms. The lowest BCUT2D eigenvalue weighted by Gasteiger charge is -2.21. The summed E-state index contributed by atoms with van der Waals surface area (Å²) in [6, 6.07) is 27.0. The third-order valence-electron chi connectivity index (χ3n) is 4.53. The molecule has 0 aliphatic heterocycles. The molecule has 0 amide bonds. The number of hydrogen-bond donors (Lipinski definition) is 2. The van der Waals surface area contributed by atoms with Gasteiger partial charge in [-0.15, -0.1) is 0 Å². The van der Waals surface area contributed by atoms with E-state index in [0.717, 1.165) is 30.8 Å². The molecule has 0 aliphatic rings. The van der Waals surface area contributed by atoms with Gasteiger partial charge in [-0.3, -0.25) is 0 Å². The first-order valence-electron chi connectivity index (χ1n) is 9.03. The third kappa shape index (κ3) is 4.87. The first-order chi connectivity index (χ1) is 12.8. The molecule has 0 heterocycles. The van der Waals surface area contributed by atoms with Crippen molar-refractivity contribution in [2.75, 3.05) is 19.4 Å². The first-order valence-corrected chi connectivity index (χ1v) is 9.03. The minimum atomic E-state index is 0.111. The normalized spacial score (nSPS) is 11.9. The number of anilines is 1. The fourth-order valence-electron chi connectivity index (χ4n) is 3.15. The lowest BCUT2D eigenvalue weighted by molar-refractivity contribution is 0.414. The van der Waals surface area contributed by atoms with Gasteiger partial charge in [0.05, 0.1) is 13.2 Å². The van der Waals surface area contributed by atoms with Gasteiger partial charge in [0.2, 0.25) is 0 Å². The van der Waals surface area contributed by atoms with Crippen LogP contribution in [0.2, 0.25) is 0 Å². The van der Waals surface area contributed by atoms with E-state index in [2.05, 4.69) is 53.8 Å². The second-order valence-electron chi connectivity index (χ2n) is 6.42. The molecule has 134 valence electrons. The lowest BCUT2D eigenvalue weighted by atomic mass is 9.97.